The van der Waals surface area contributed by atoms with E-state index in [0.717, 1.165) is 0 Å². The van der Waals surface area contributed by atoms with Gasteiger partial charge in [0.15, 0.2) is 0 Å². The summed E-state index contributed by atoms with van der Waals surface area (Å²) < 4.78 is 65.5. The number of para-hydroxylation sites is 1. The predicted octanol–water partition coefficient (Wildman–Crippen LogP) is 5.89. The van der Waals surface area contributed by atoms with Crippen LogP contribution < -0.4 is 0 Å². The lowest BCUT2D eigenvalue weighted by atomic mass is 9.84. The lowest BCUT2D eigenvalue weighted by molar-refractivity contribution is -0.247. The van der Waals surface area contributed by atoms with Crippen LogP contribution in [0.1, 0.15) is 21.5 Å². The van der Waals surface area contributed by atoms with E-state index < -0.39 is 34.7 Å². The minimum Gasteiger partial charge on any atom is -0.465 e. The van der Waals surface area contributed by atoms with Crippen LogP contribution in [0.3, 0.4) is 0 Å². The number of allylic oxidation sites excluding steroid dienone is 1. The molecule has 0 fully saturated rings. The van der Waals surface area contributed by atoms with Crippen molar-refractivity contribution in [2.75, 3.05) is 7.11 Å². The van der Waals surface area contributed by atoms with E-state index in [4.69, 9.17) is 4.74 Å². The molecule has 5 aromatic rings. The van der Waals surface area contributed by atoms with E-state index in [2.05, 4.69) is 11.7 Å². The first-order valence-corrected chi connectivity index (χ1v) is 11.4. The van der Waals surface area contributed by atoms with Gasteiger partial charge in [-0.1, -0.05) is 24.3 Å². The van der Waals surface area contributed by atoms with Gasteiger partial charge in [-0.3, -0.25) is 0 Å². The first kappa shape index (κ1) is 25.2. The number of carbonyl (C=O) groups excluding carboxylic acids is 1. The number of methoxy groups -OCH3 is 1. The van der Waals surface area contributed by atoms with Crippen molar-refractivity contribution >= 4 is 27.8 Å². The molecule has 6 nitrogen and oxygen atoms in total. The molecule has 0 aliphatic carbocycles. The van der Waals surface area contributed by atoms with Crippen LogP contribution in [-0.4, -0.2) is 38.7 Å². The molecule has 0 aliphatic heterocycles. The van der Waals surface area contributed by atoms with Gasteiger partial charge in [-0.05, 0) is 48.0 Å². The lowest BCUT2D eigenvalue weighted by Crippen LogP contribution is -2.43. The molecule has 0 radical (unpaired) electrons. The van der Waals surface area contributed by atoms with Gasteiger partial charge in [0.2, 0.25) is 5.60 Å². The molecule has 0 bridgehead atoms. The third-order valence-corrected chi connectivity index (χ3v) is 6.49. The van der Waals surface area contributed by atoms with E-state index >= 15 is 0 Å². The smallest absolute Gasteiger partial charge is 0.425 e. The summed E-state index contributed by atoms with van der Waals surface area (Å²) in [5.41, 5.74) is -3.09. The number of aliphatic hydroxyl groups is 1. The van der Waals surface area contributed by atoms with Gasteiger partial charge in [-0.15, -0.1) is 6.58 Å². The second-order valence-electron chi connectivity index (χ2n) is 8.69. The first-order valence-electron chi connectivity index (χ1n) is 11.4. The number of rotatable bonds is 6. The van der Waals surface area contributed by atoms with E-state index in [9.17, 15) is 27.5 Å². The van der Waals surface area contributed by atoms with E-state index in [1.54, 1.807) is 0 Å². The minimum absolute atomic E-state index is 0.0386. The topological polar surface area (TPSA) is 69.3 Å². The first-order chi connectivity index (χ1) is 18.1. The number of hydrogen-bond acceptors (Lipinski definition) is 4. The number of carbonyl (C=O) groups is 1. The Morgan fingerprint density at radius 2 is 1.87 bits per heavy atom. The highest BCUT2D eigenvalue weighted by molar-refractivity contribution is 6.04. The van der Waals surface area contributed by atoms with Gasteiger partial charge in [-0.25, -0.2) is 13.9 Å². The third-order valence-electron chi connectivity index (χ3n) is 6.49. The van der Waals surface area contributed by atoms with Crippen molar-refractivity contribution in [1.29, 1.82) is 0 Å². The standard InChI is InChI=1S/C28H21F4N3O3/c1-3-13-34-16-23(21-5-4-6-22(25(21)34)26(36)38-2)27(37,28(30,31)32)18-7-12-24-17(14-18)15-33-35(24)20-10-8-19(29)9-11-20/h3-12,14-16,37H,1,13H2,2H3. The zero-order valence-corrected chi connectivity index (χ0v) is 20.0. The SMILES string of the molecule is C=CCn1cc(C(O)(c2ccc3c(cnn3-c3ccc(F)cc3)c2)C(F)(F)F)c2cccc(C(=O)OC)c21. The van der Waals surface area contributed by atoms with Crippen molar-refractivity contribution in [3.63, 3.8) is 0 Å². The van der Waals surface area contributed by atoms with Crippen molar-refractivity contribution in [3.05, 3.63) is 108 Å². The van der Waals surface area contributed by atoms with Crippen LogP contribution in [0.2, 0.25) is 0 Å². The van der Waals surface area contributed by atoms with Gasteiger partial charge in [0.05, 0.1) is 35.6 Å². The summed E-state index contributed by atoms with van der Waals surface area (Å²) in [5, 5.41) is 16.1. The van der Waals surface area contributed by atoms with Gasteiger partial charge in [0, 0.05) is 29.1 Å². The maximum atomic E-state index is 14.8. The summed E-state index contributed by atoms with van der Waals surface area (Å²) in [6, 6.07) is 13.6. The Morgan fingerprint density at radius 3 is 2.53 bits per heavy atom. The fourth-order valence-corrected chi connectivity index (χ4v) is 4.72. The van der Waals surface area contributed by atoms with Crippen molar-refractivity contribution in [2.45, 2.75) is 18.3 Å². The largest absolute Gasteiger partial charge is 0.465 e. The second-order valence-corrected chi connectivity index (χ2v) is 8.69. The molecule has 10 heteroatoms. The zero-order chi connectivity index (χ0) is 27.2. The summed E-state index contributed by atoms with van der Waals surface area (Å²) in [7, 11) is 1.18. The van der Waals surface area contributed by atoms with E-state index in [0.29, 0.717) is 16.6 Å². The van der Waals surface area contributed by atoms with Crippen LogP contribution in [-0.2, 0) is 16.9 Å². The molecule has 0 amide bonds. The number of esters is 1. The van der Waals surface area contributed by atoms with Gasteiger partial charge in [-0.2, -0.15) is 18.3 Å². The van der Waals surface area contributed by atoms with Crippen LogP contribution >= 0.6 is 0 Å². The molecular weight excluding hydrogens is 502 g/mol. The van der Waals surface area contributed by atoms with Crippen LogP contribution in [0.25, 0.3) is 27.5 Å². The number of hydrogen-bond donors (Lipinski definition) is 1. The maximum absolute atomic E-state index is 14.8. The highest BCUT2D eigenvalue weighted by Crippen LogP contribution is 2.48. The summed E-state index contributed by atoms with van der Waals surface area (Å²) in [5.74, 6) is -1.16. The van der Waals surface area contributed by atoms with E-state index in [-0.39, 0.29) is 23.0 Å². The highest BCUT2D eigenvalue weighted by Gasteiger charge is 2.57. The molecular formula is C28H21F4N3O3. The van der Waals surface area contributed by atoms with Gasteiger partial charge < -0.3 is 14.4 Å². The molecule has 1 unspecified atom stereocenters. The zero-order valence-electron chi connectivity index (χ0n) is 20.0. The lowest BCUT2D eigenvalue weighted by Gasteiger charge is -2.31. The molecule has 194 valence electrons. The van der Waals surface area contributed by atoms with Gasteiger partial charge in [0.25, 0.3) is 0 Å². The number of alkyl halides is 3. The molecule has 0 saturated heterocycles. The molecule has 0 spiro atoms. The Labute approximate surface area is 214 Å². The summed E-state index contributed by atoms with van der Waals surface area (Å²) in [4.78, 5) is 12.4. The normalized spacial score (nSPS) is 13.5. The number of nitrogens with zero attached hydrogens (tertiary/aromatic N) is 3. The Kier molecular flexibility index (Phi) is 6.07. The Balaban J connectivity index is 1.74. The highest BCUT2D eigenvalue weighted by atomic mass is 19.4. The maximum Gasteiger partial charge on any atom is 0.425 e. The van der Waals surface area contributed by atoms with E-state index in [1.165, 1.54) is 95.5 Å². The molecule has 1 N–H and O–H groups in total. The number of benzene rings is 3. The Bertz CT molecular complexity index is 1690. The monoisotopic (exact) mass is 523 g/mol. The van der Waals surface area contributed by atoms with E-state index in [1.807, 2.05) is 0 Å². The van der Waals surface area contributed by atoms with Crippen molar-refractivity contribution < 1.29 is 32.2 Å². The van der Waals surface area contributed by atoms with Gasteiger partial charge in [0.1, 0.15) is 5.82 Å². The fourth-order valence-electron chi connectivity index (χ4n) is 4.72. The molecule has 5 rings (SSSR count). The van der Waals surface area contributed by atoms with Gasteiger partial charge >= 0.3 is 12.1 Å². The van der Waals surface area contributed by atoms with Crippen LogP contribution in [0.5, 0.6) is 0 Å². The summed E-state index contributed by atoms with van der Waals surface area (Å²) in [6.07, 6.45) is -1.12. The number of ether oxygens (including phenoxy) is 1. The molecule has 38 heavy (non-hydrogen) atoms. The quantitative estimate of drug-likeness (QED) is 0.171. The Morgan fingerprint density at radius 1 is 1.13 bits per heavy atom. The molecule has 3 aromatic carbocycles. The molecule has 0 aliphatic rings. The fraction of sp³-hybridized carbons (Fsp3) is 0.143. The van der Waals surface area contributed by atoms with Crippen molar-refractivity contribution in [2.24, 2.45) is 0 Å². The molecule has 0 saturated carbocycles. The van der Waals surface area contributed by atoms with Crippen molar-refractivity contribution in [3.8, 4) is 5.69 Å². The second kappa shape index (κ2) is 9.14. The molecule has 2 heterocycles. The van der Waals surface area contributed by atoms with Crippen LogP contribution in [0.4, 0.5) is 17.6 Å². The predicted molar refractivity (Wildman–Crippen MR) is 134 cm³/mol. The third kappa shape index (κ3) is 3.84. The number of fused-ring (bicyclic) bond motifs is 2. The number of aromatic nitrogens is 3. The minimum atomic E-state index is -5.14. The average molecular weight is 523 g/mol. The summed E-state index contributed by atoms with van der Waals surface area (Å²) >= 11 is 0. The van der Waals surface area contributed by atoms with Crippen LogP contribution in [0, 0.1) is 5.82 Å². The molecule has 2 aromatic heterocycles. The molecule has 1 atom stereocenters. The summed E-state index contributed by atoms with van der Waals surface area (Å²) in [6.45, 7) is 3.74. The Hall–Kier alpha value is -4.44. The average Bonchev–Trinajstić information content (AvgIpc) is 3.49. The number of halogens is 4. The van der Waals surface area contributed by atoms with Crippen molar-refractivity contribution in [1.82, 2.24) is 14.3 Å². The van der Waals surface area contributed by atoms with Crippen LogP contribution in [0.15, 0.2) is 85.7 Å².